The van der Waals surface area contributed by atoms with E-state index in [0.29, 0.717) is 17.3 Å². The predicted molar refractivity (Wildman–Crippen MR) is 77.5 cm³/mol. The lowest BCUT2D eigenvalue weighted by Crippen LogP contribution is -2.63. The van der Waals surface area contributed by atoms with Crippen molar-refractivity contribution in [2.45, 2.75) is 71.5 Å². The molecule has 4 rings (SSSR count). The SMILES string of the molecule is CC(C)C[C@H](N)B1O[C@@H]2[C@H]3C[C@@H](C[C@]2(C)O1)C3(C)C. The van der Waals surface area contributed by atoms with E-state index in [-0.39, 0.29) is 24.8 Å². The first-order valence-electron chi connectivity index (χ1n) is 7.83. The number of hydrogen-bond acceptors (Lipinski definition) is 3. The van der Waals surface area contributed by atoms with Gasteiger partial charge in [-0.05, 0) is 49.4 Å². The highest BCUT2D eigenvalue weighted by molar-refractivity contribution is 6.47. The van der Waals surface area contributed by atoms with Crippen LogP contribution in [0.5, 0.6) is 0 Å². The maximum absolute atomic E-state index is 6.27. The Morgan fingerprint density at radius 2 is 2.00 bits per heavy atom. The Morgan fingerprint density at radius 1 is 1.32 bits per heavy atom. The molecule has 0 unspecified atom stereocenters. The number of rotatable bonds is 3. The van der Waals surface area contributed by atoms with Gasteiger partial charge in [0.25, 0.3) is 0 Å². The van der Waals surface area contributed by atoms with Crippen molar-refractivity contribution < 1.29 is 9.31 Å². The van der Waals surface area contributed by atoms with Crippen LogP contribution in [-0.2, 0) is 9.31 Å². The fourth-order valence-corrected chi connectivity index (χ4v) is 4.58. The standard InChI is InChI=1S/C15H28BNO2/c1-9(2)6-12(17)16-18-13-11-7-10(14(11,3)4)8-15(13,5)19-16/h9-13H,6-8,17H2,1-5H3/t10-,11+,12-,13+,15-/m0/s1. The van der Waals surface area contributed by atoms with Crippen LogP contribution in [0.3, 0.4) is 0 Å². The van der Waals surface area contributed by atoms with E-state index in [0.717, 1.165) is 18.8 Å². The zero-order chi connectivity index (χ0) is 14.0. The largest absolute Gasteiger partial charge is 0.475 e. The summed E-state index contributed by atoms with van der Waals surface area (Å²) in [5, 5.41) is 0. The number of hydrogen-bond donors (Lipinski definition) is 1. The van der Waals surface area contributed by atoms with Crippen molar-refractivity contribution in [3.63, 3.8) is 0 Å². The maximum Gasteiger partial charge on any atom is 0.475 e. The van der Waals surface area contributed by atoms with Gasteiger partial charge in [0, 0.05) is 5.94 Å². The minimum absolute atomic E-state index is 0.00253. The summed E-state index contributed by atoms with van der Waals surface area (Å²) in [5.41, 5.74) is 6.60. The van der Waals surface area contributed by atoms with E-state index in [2.05, 4.69) is 34.6 Å². The van der Waals surface area contributed by atoms with E-state index in [1.165, 1.54) is 6.42 Å². The average molecular weight is 265 g/mol. The minimum Gasteiger partial charge on any atom is -0.404 e. The molecule has 4 fully saturated rings. The molecule has 5 atom stereocenters. The van der Waals surface area contributed by atoms with Crippen molar-refractivity contribution >= 4 is 7.12 Å². The molecule has 0 aromatic carbocycles. The van der Waals surface area contributed by atoms with Gasteiger partial charge < -0.3 is 15.0 Å². The summed E-state index contributed by atoms with van der Waals surface area (Å²) in [6.45, 7) is 11.4. The van der Waals surface area contributed by atoms with Crippen molar-refractivity contribution in [3.8, 4) is 0 Å². The normalized spacial score (nSPS) is 45.0. The monoisotopic (exact) mass is 265 g/mol. The molecule has 2 N–H and O–H groups in total. The van der Waals surface area contributed by atoms with E-state index in [1.54, 1.807) is 0 Å². The van der Waals surface area contributed by atoms with Gasteiger partial charge in [-0.3, -0.25) is 0 Å². The van der Waals surface area contributed by atoms with Crippen molar-refractivity contribution in [1.82, 2.24) is 0 Å². The van der Waals surface area contributed by atoms with Crippen LogP contribution in [0.25, 0.3) is 0 Å². The van der Waals surface area contributed by atoms with Crippen LogP contribution in [-0.4, -0.2) is 24.8 Å². The van der Waals surface area contributed by atoms with Crippen molar-refractivity contribution in [2.24, 2.45) is 28.9 Å². The zero-order valence-electron chi connectivity index (χ0n) is 13.0. The lowest BCUT2D eigenvalue weighted by atomic mass is 9.45. The maximum atomic E-state index is 6.27. The topological polar surface area (TPSA) is 44.5 Å². The quantitative estimate of drug-likeness (QED) is 0.798. The third-order valence-corrected chi connectivity index (χ3v) is 5.92. The molecule has 4 heteroatoms. The molecule has 3 aliphatic carbocycles. The fraction of sp³-hybridized carbons (Fsp3) is 1.00. The van der Waals surface area contributed by atoms with Gasteiger partial charge in [0.2, 0.25) is 0 Å². The third-order valence-electron chi connectivity index (χ3n) is 5.92. The summed E-state index contributed by atoms with van der Waals surface area (Å²) in [7, 11) is -0.201. The first kappa shape index (κ1) is 13.9. The van der Waals surface area contributed by atoms with Gasteiger partial charge in [0.05, 0.1) is 11.7 Å². The second-order valence-electron chi connectivity index (χ2n) is 8.21. The van der Waals surface area contributed by atoms with Gasteiger partial charge in [-0.15, -0.1) is 0 Å². The molecule has 0 spiro atoms. The molecule has 19 heavy (non-hydrogen) atoms. The van der Waals surface area contributed by atoms with Crippen LogP contribution in [0.2, 0.25) is 0 Å². The molecule has 0 aromatic rings. The van der Waals surface area contributed by atoms with Crippen LogP contribution in [0.15, 0.2) is 0 Å². The van der Waals surface area contributed by atoms with Crippen LogP contribution >= 0.6 is 0 Å². The van der Waals surface area contributed by atoms with Crippen molar-refractivity contribution in [2.75, 3.05) is 0 Å². The van der Waals surface area contributed by atoms with E-state index >= 15 is 0 Å². The van der Waals surface area contributed by atoms with Crippen molar-refractivity contribution in [3.05, 3.63) is 0 Å². The molecule has 1 aliphatic heterocycles. The molecule has 2 bridgehead atoms. The molecule has 0 aromatic heterocycles. The Kier molecular flexibility index (Phi) is 3.09. The first-order chi connectivity index (χ1) is 8.74. The average Bonchev–Trinajstić information content (AvgIpc) is 2.64. The summed E-state index contributed by atoms with van der Waals surface area (Å²) < 4.78 is 12.5. The Balaban J connectivity index is 1.73. The van der Waals surface area contributed by atoms with Crippen LogP contribution in [0.4, 0.5) is 0 Å². The molecule has 3 saturated carbocycles. The third kappa shape index (κ3) is 1.98. The highest BCUT2D eigenvalue weighted by Gasteiger charge is 2.67. The first-order valence-corrected chi connectivity index (χ1v) is 7.83. The van der Waals surface area contributed by atoms with E-state index in [1.807, 2.05) is 0 Å². The second kappa shape index (κ2) is 4.22. The summed E-state index contributed by atoms with van der Waals surface area (Å²) in [6, 6.07) is 0. The molecule has 1 heterocycles. The van der Waals surface area contributed by atoms with E-state index in [4.69, 9.17) is 15.0 Å². The summed E-state index contributed by atoms with van der Waals surface area (Å²) in [6.07, 6.45) is 3.65. The zero-order valence-corrected chi connectivity index (χ0v) is 13.0. The fourth-order valence-electron chi connectivity index (χ4n) is 4.58. The highest BCUT2D eigenvalue weighted by atomic mass is 16.7. The van der Waals surface area contributed by atoms with E-state index < -0.39 is 0 Å². The summed E-state index contributed by atoms with van der Waals surface area (Å²) >= 11 is 0. The summed E-state index contributed by atoms with van der Waals surface area (Å²) in [4.78, 5) is 0. The Bertz CT molecular complexity index is 373. The van der Waals surface area contributed by atoms with Gasteiger partial charge >= 0.3 is 7.12 Å². The van der Waals surface area contributed by atoms with Gasteiger partial charge in [0.1, 0.15) is 0 Å². The number of nitrogens with two attached hydrogens (primary N) is 1. The lowest BCUT2D eigenvalue weighted by molar-refractivity contribution is -0.185. The summed E-state index contributed by atoms with van der Waals surface area (Å²) in [5.74, 6) is 2.03. The molecule has 0 radical (unpaired) electrons. The minimum atomic E-state index is -0.201. The van der Waals surface area contributed by atoms with Crippen LogP contribution in [0.1, 0.15) is 53.9 Å². The Labute approximate surface area is 117 Å². The molecule has 108 valence electrons. The van der Waals surface area contributed by atoms with Gasteiger partial charge in [-0.25, -0.2) is 0 Å². The van der Waals surface area contributed by atoms with Crippen LogP contribution in [0, 0.1) is 23.2 Å². The Hall–Kier alpha value is -0.0551. The predicted octanol–water partition coefficient (Wildman–Crippen LogP) is 2.63. The second-order valence-corrected chi connectivity index (χ2v) is 8.21. The van der Waals surface area contributed by atoms with Crippen molar-refractivity contribution in [1.29, 1.82) is 0 Å². The highest BCUT2D eigenvalue weighted by Crippen LogP contribution is 2.64. The van der Waals surface area contributed by atoms with Crippen LogP contribution < -0.4 is 5.73 Å². The molecule has 0 amide bonds. The molecule has 1 saturated heterocycles. The van der Waals surface area contributed by atoms with Gasteiger partial charge in [-0.2, -0.15) is 0 Å². The lowest BCUT2D eigenvalue weighted by Gasteiger charge is -2.63. The molecule has 4 aliphatic rings. The Morgan fingerprint density at radius 3 is 2.58 bits per heavy atom. The molecule has 3 nitrogen and oxygen atoms in total. The smallest absolute Gasteiger partial charge is 0.404 e. The molecular formula is C15H28BNO2. The van der Waals surface area contributed by atoms with Gasteiger partial charge in [-0.1, -0.05) is 27.7 Å². The molecular weight excluding hydrogens is 237 g/mol. The van der Waals surface area contributed by atoms with E-state index in [9.17, 15) is 0 Å². The van der Waals surface area contributed by atoms with Gasteiger partial charge in [0.15, 0.2) is 0 Å².